The van der Waals surface area contributed by atoms with Crippen LogP contribution in [0.3, 0.4) is 0 Å². The van der Waals surface area contributed by atoms with Crippen molar-refractivity contribution in [2.24, 2.45) is 0 Å². The molecule has 2 aromatic rings. The maximum Gasteiger partial charge on any atom is 0.261 e. The van der Waals surface area contributed by atoms with Gasteiger partial charge in [0.25, 0.3) is 5.91 Å². The third-order valence-corrected chi connectivity index (χ3v) is 7.10. The van der Waals surface area contributed by atoms with Gasteiger partial charge in [-0.15, -0.1) is 0 Å². The molecule has 0 saturated carbocycles. The number of unbranched alkanes of at least 4 members (excludes halogenated alkanes) is 1. The number of benzene rings is 2. The average Bonchev–Trinajstić information content (AvgIpc) is 2.76. The first-order chi connectivity index (χ1) is 15.1. The number of hydrogen-bond donors (Lipinski definition) is 1. The Balaban J connectivity index is 2.18. The molecule has 174 valence electrons. The van der Waals surface area contributed by atoms with Gasteiger partial charge in [0.1, 0.15) is 11.8 Å². The Bertz CT molecular complexity index is 945. The monoisotopic (exact) mass is 542 g/mol. The molecule has 2 amide bonds. The lowest BCUT2D eigenvalue weighted by atomic mass is 10.1. The van der Waals surface area contributed by atoms with Crippen molar-refractivity contribution in [1.29, 1.82) is 0 Å². The normalized spacial score (nSPS) is 11.7. The van der Waals surface area contributed by atoms with E-state index in [1.165, 1.54) is 4.90 Å². The molecular weight excluding hydrogens is 515 g/mol. The highest BCUT2D eigenvalue weighted by Crippen LogP contribution is 2.27. The number of carbonyl (C=O) groups is 2. The summed E-state index contributed by atoms with van der Waals surface area (Å²) in [5, 5.41) is 3.72. The highest BCUT2D eigenvalue weighted by molar-refractivity contribution is 9.10. The van der Waals surface area contributed by atoms with Crippen LogP contribution in [-0.2, 0) is 16.1 Å². The summed E-state index contributed by atoms with van der Waals surface area (Å²) in [6.45, 7) is 8.29. The van der Waals surface area contributed by atoms with Crippen LogP contribution in [0.1, 0.15) is 43.4 Å². The maximum absolute atomic E-state index is 13.1. The second-order valence-corrected chi connectivity index (χ2v) is 9.36. The minimum Gasteiger partial charge on any atom is -0.484 e. The SMILES string of the molecule is CCCCNC(=O)[C@@H](C)N(Cc1ccc(Cl)c(Cl)c1)C(=O)COc1cc(C)c(Br)c(C)c1. The molecule has 0 aliphatic carbocycles. The summed E-state index contributed by atoms with van der Waals surface area (Å²) >= 11 is 15.7. The average molecular weight is 544 g/mol. The molecule has 0 aliphatic heterocycles. The number of ether oxygens (including phenoxy) is 1. The zero-order valence-corrected chi connectivity index (χ0v) is 21.9. The molecule has 1 N–H and O–H groups in total. The summed E-state index contributed by atoms with van der Waals surface area (Å²) in [6.07, 6.45) is 1.85. The number of amides is 2. The molecule has 1 atom stereocenters. The first-order valence-corrected chi connectivity index (χ1v) is 12.1. The first kappa shape index (κ1) is 26.5. The molecule has 0 heterocycles. The van der Waals surface area contributed by atoms with Crippen molar-refractivity contribution in [2.75, 3.05) is 13.2 Å². The van der Waals surface area contributed by atoms with Crippen LogP contribution in [0.2, 0.25) is 10.0 Å². The number of nitrogens with zero attached hydrogens (tertiary/aromatic N) is 1. The molecule has 0 aromatic heterocycles. The molecule has 0 unspecified atom stereocenters. The van der Waals surface area contributed by atoms with Crippen molar-refractivity contribution in [3.05, 3.63) is 61.5 Å². The number of nitrogens with one attached hydrogen (secondary N) is 1. The van der Waals surface area contributed by atoms with E-state index in [-0.39, 0.29) is 25.0 Å². The van der Waals surface area contributed by atoms with Crippen molar-refractivity contribution in [3.63, 3.8) is 0 Å². The molecule has 0 fully saturated rings. The lowest BCUT2D eigenvalue weighted by molar-refractivity contribution is -0.142. The van der Waals surface area contributed by atoms with Gasteiger partial charge in [-0.1, -0.05) is 58.5 Å². The van der Waals surface area contributed by atoms with Crippen molar-refractivity contribution < 1.29 is 14.3 Å². The summed E-state index contributed by atoms with van der Waals surface area (Å²) in [6, 6.07) is 8.24. The van der Waals surface area contributed by atoms with Crippen LogP contribution in [0, 0.1) is 13.8 Å². The minimum absolute atomic E-state index is 0.186. The predicted octanol–water partition coefficient (Wildman–Crippen LogP) is 6.09. The molecule has 2 aromatic carbocycles. The van der Waals surface area contributed by atoms with Gasteiger partial charge in [0.15, 0.2) is 6.61 Å². The number of carbonyl (C=O) groups excluding carboxylic acids is 2. The Morgan fingerprint density at radius 2 is 1.78 bits per heavy atom. The summed E-state index contributed by atoms with van der Waals surface area (Å²) in [5.41, 5.74) is 2.81. The summed E-state index contributed by atoms with van der Waals surface area (Å²) in [4.78, 5) is 27.3. The topological polar surface area (TPSA) is 58.6 Å². The fourth-order valence-corrected chi connectivity index (χ4v) is 3.72. The largest absolute Gasteiger partial charge is 0.484 e. The Morgan fingerprint density at radius 3 is 2.38 bits per heavy atom. The van der Waals surface area contributed by atoms with Crippen LogP contribution in [0.5, 0.6) is 5.75 Å². The van der Waals surface area contributed by atoms with Crippen molar-refractivity contribution in [1.82, 2.24) is 10.2 Å². The molecule has 8 heteroatoms. The van der Waals surface area contributed by atoms with Crippen LogP contribution < -0.4 is 10.1 Å². The van der Waals surface area contributed by atoms with E-state index in [2.05, 4.69) is 28.2 Å². The van der Waals surface area contributed by atoms with Crippen LogP contribution in [-0.4, -0.2) is 35.9 Å². The molecule has 0 bridgehead atoms. The van der Waals surface area contributed by atoms with Crippen LogP contribution >= 0.6 is 39.1 Å². The lowest BCUT2D eigenvalue weighted by Gasteiger charge is -2.29. The van der Waals surface area contributed by atoms with E-state index < -0.39 is 6.04 Å². The fourth-order valence-electron chi connectivity index (χ4n) is 3.17. The van der Waals surface area contributed by atoms with E-state index in [1.807, 2.05) is 26.0 Å². The van der Waals surface area contributed by atoms with E-state index in [9.17, 15) is 9.59 Å². The zero-order valence-electron chi connectivity index (χ0n) is 18.8. The van der Waals surface area contributed by atoms with Crippen LogP contribution in [0.15, 0.2) is 34.8 Å². The Hall–Kier alpha value is -1.76. The van der Waals surface area contributed by atoms with Gasteiger partial charge in [0.2, 0.25) is 5.91 Å². The first-order valence-electron chi connectivity index (χ1n) is 10.5. The Morgan fingerprint density at radius 1 is 1.12 bits per heavy atom. The molecule has 5 nitrogen and oxygen atoms in total. The fraction of sp³-hybridized carbons (Fsp3) is 0.417. The van der Waals surface area contributed by atoms with Gasteiger partial charge in [-0.05, 0) is 68.1 Å². The van der Waals surface area contributed by atoms with E-state index >= 15 is 0 Å². The van der Waals surface area contributed by atoms with Gasteiger partial charge < -0.3 is 15.0 Å². The van der Waals surface area contributed by atoms with Gasteiger partial charge in [-0.25, -0.2) is 0 Å². The Kier molecular flexibility index (Phi) is 10.3. The maximum atomic E-state index is 13.1. The van der Waals surface area contributed by atoms with Gasteiger partial charge in [-0.3, -0.25) is 9.59 Å². The predicted molar refractivity (Wildman–Crippen MR) is 134 cm³/mol. The summed E-state index contributed by atoms with van der Waals surface area (Å²) in [5.74, 6) is 0.0979. The number of hydrogen-bond acceptors (Lipinski definition) is 3. The van der Waals surface area contributed by atoms with Gasteiger partial charge in [0.05, 0.1) is 10.0 Å². The summed E-state index contributed by atoms with van der Waals surface area (Å²) < 4.78 is 6.79. The van der Waals surface area contributed by atoms with Crippen molar-refractivity contribution in [3.8, 4) is 5.75 Å². The second kappa shape index (κ2) is 12.5. The van der Waals surface area contributed by atoms with E-state index in [0.717, 1.165) is 34.0 Å². The highest BCUT2D eigenvalue weighted by atomic mass is 79.9. The Labute approximate surface area is 208 Å². The molecule has 0 spiro atoms. The quantitative estimate of drug-likeness (QED) is 0.369. The third kappa shape index (κ3) is 7.39. The van der Waals surface area contributed by atoms with Crippen molar-refractivity contribution in [2.45, 2.75) is 53.1 Å². The highest BCUT2D eigenvalue weighted by Gasteiger charge is 2.26. The molecule has 2 rings (SSSR count). The second-order valence-electron chi connectivity index (χ2n) is 7.75. The number of aryl methyl sites for hydroxylation is 2. The summed E-state index contributed by atoms with van der Waals surface area (Å²) in [7, 11) is 0. The van der Waals surface area contributed by atoms with Gasteiger partial charge in [0, 0.05) is 17.6 Å². The van der Waals surface area contributed by atoms with Crippen LogP contribution in [0.25, 0.3) is 0 Å². The van der Waals surface area contributed by atoms with Gasteiger partial charge >= 0.3 is 0 Å². The molecule has 0 radical (unpaired) electrons. The van der Waals surface area contributed by atoms with Crippen LogP contribution in [0.4, 0.5) is 0 Å². The minimum atomic E-state index is -0.675. The molecular formula is C24H29BrCl2N2O3. The van der Waals surface area contributed by atoms with Crippen molar-refractivity contribution >= 4 is 50.9 Å². The lowest BCUT2D eigenvalue weighted by Crippen LogP contribution is -2.49. The smallest absolute Gasteiger partial charge is 0.261 e. The van der Waals surface area contributed by atoms with Gasteiger partial charge in [-0.2, -0.15) is 0 Å². The third-order valence-electron chi connectivity index (χ3n) is 5.11. The standard InChI is InChI=1S/C24H29BrCl2N2O3/c1-5-6-9-28-24(31)17(4)29(13-18-7-8-20(26)21(27)12-18)22(30)14-32-19-10-15(2)23(25)16(3)11-19/h7-8,10-12,17H,5-6,9,13-14H2,1-4H3,(H,28,31)/t17-/m1/s1. The number of rotatable bonds is 10. The van der Waals surface area contributed by atoms with E-state index in [0.29, 0.717) is 22.3 Å². The molecule has 0 saturated heterocycles. The van der Waals surface area contributed by atoms with E-state index in [1.54, 1.807) is 25.1 Å². The zero-order chi connectivity index (χ0) is 23.8. The number of halogens is 3. The molecule has 0 aliphatic rings. The van der Waals surface area contributed by atoms with E-state index in [4.69, 9.17) is 27.9 Å². The molecule has 32 heavy (non-hydrogen) atoms.